The minimum atomic E-state index is -1.16. The molecule has 7 nitrogen and oxygen atoms in total. The summed E-state index contributed by atoms with van der Waals surface area (Å²) in [7, 11) is 0. The second-order valence-electron chi connectivity index (χ2n) is 7.34. The highest BCUT2D eigenvalue weighted by Crippen LogP contribution is 2.41. The Bertz CT molecular complexity index is 853. The third-order valence-corrected chi connectivity index (χ3v) is 6.00. The summed E-state index contributed by atoms with van der Waals surface area (Å²) in [6, 6.07) is 0. The quantitative estimate of drug-likeness (QED) is 0.812. The SMILES string of the molecule is C=P(C)(C)CC[C@H]1O[C@@H](n2cnc3c(=O)[nH]c(C)nc32)[C@H](C)[C@@H]1O. The van der Waals surface area contributed by atoms with Gasteiger partial charge in [-0.3, -0.25) is 9.36 Å². The maximum absolute atomic E-state index is 12.0. The monoisotopic (exact) mass is 352 g/mol. The molecule has 1 aliphatic heterocycles. The molecule has 0 aromatic carbocycles. The van der Waals surface area contributed by atoms with E-state index in [4.69, 9.17) is 4.74 Å². The summed E-state index contributed by atoms with van der Waals surface area (Å²) in [5, 5.41) is 10.5. The Kier molecular flexibility index (Phi) is 4.45. The number of H-pyrrole nitrogens is 1. The molecule has 2 N–H and O–H groups in total. The molecule has 0 unspecified atom stereocenters. The van der Waals surface area contributed by atoms with E-state index >= 15 is 0 Å². The Morgan fingerprint density at radius 3 is 2.88 bits per heavy atom. The number of aryl methyl sites for hydroxylation is 1. The van der Waals surface area contributed by atoms with Crippen LogP contribution < -0.4 is 5.56 Å². The molecule has 0 saturated carbocycles. The van der Waals surface area contributed by atoms with Gasteiger partial charge >= 0.3 is 0 Å². The third-order valence-electron chi connectivity index (χ3n) is 4.53. The fourth-order valence-electron chi connectivity index (χ4n) is 3.15. The molecule has 24 heavy (non-hydrogen) atoms. The van der Waals surface area contributed by atoms with Crippen molar-refractivity contribution in [3.63, 3.8) is 0 Å². The number of aliphatic hydroxyl groups excluding tert-OH is 1. The smallest absolute Gasteiger partial charge is 0.279 e. The van der Waals surface area contributed by atoms with E-state index in [9.17, 15) is 9.90 Å². The number of aromatic amines is 1. The number of nitrogens with one attached hydrogen (secondary N) is 1. The van der Waals surface area contributed by atoms with Crippen LogP contribution in [0.15, 0.2) is 11.1 Å². The van der Waals surface area contributed by atoms with Crippen LogP contribution in [0, 0.1) is 12.8 Å². The average Bonchev–Trinajstić information content (AvgIpc) is 3.00. The molecule has 0 bridgehead atoms. The van der Waals surface area contributed by atoms with E-state index in [1.54, 1.807) is 17.8 Å². The van der Waals surface area contributed by atoms with Crippen molar-refractivity contribution in [2.75, 3.05) is 19.5 Å². The normalized spacial score (nSPS) is 27.9. The first kappa shape index (κ1) is 17.4. The topological polar surface area (TPSA) is 93.0 Å². The van der Waals surface area contributed by atoms with Gasteiger partial charge in [-0.05, 0) is 32.8 Å². The van der Waals surface area contributed by atoms with Crippen LogP contribution in [0.5, 0.6) is 0 Å². The molecule has 3 heterocycles. The summed E-state index contributed by atoms with van der Waals surface area (Å²) in [4.78, 5) is 23.2. The largest absolute Gasteiger partial charge is 0.390 e. The van der Waals surface area contributed by atoms with E-state index in [0.29, 0.717) is 17.0 Å². The lowest BCUT2D eigenvalue weighted by atomic mass is 10.0. The Balaban J connectivity index is 1.90. The maximum Gasteiger partial charge on any atom is 0.279 e. The number of nitrogens with zero attached hydrogens (tertiary/aromatic N) is 3. The van der Waals surface area contributed by atoms with Crippen LogP contribution in [-0.4, -0.2) is 62.6 Å². The van der Waals surface area contributed by atoms with E-state index in [1.807, 2.05) is 6.92 Å². The van der Waals surface area contributed by atoms with Crippen molar-refractivity contribution in [2.45, 2.75) is 38.7 Å². The Labute approximate surface area is 141 Å². The zero-order valence-electron chi connectivity index (χ0n) is 14.6. The highest BCUT2D eigenvalue weighted by atomic mass is 31.2. The van der Waals surface area contributed by atoms with Crippen molar-refractivity contribution in [3.05, 3.63) is 22.5 Å². The lowest BCUT2D eigenvalue weighted by Crippen LogP contribution is -2.26. The van der Waals surface area contributed by atoms with Gasteiger partial charge in [0.15, 0.2) is 11.2 Å². The molecule has 0 aliphatic carbocycles. The van der Waals surface area contributed by atoms with Crippen LogP contribution in [0.4, 0.5) is 0 Å². The van der Waals surface area contributed by atoms with Crippen LogP contribution in [0.3, 0.4) is 0 Å². The standard InChI is InChI=1S/C16H25N4O3P/c1-9-13(21)11(6-7-24(3,4)5)23-16(9)20-8-17-12-14(20)18-10(2)19-15(12)22/h8-9,11,13,16,21H,3,6-7H2,1-2,4-5H3,(H,18,19,22)/t9-,11-,13+,16-/m1/s1. The van der Waals surface area contributed by atoms with Gasteiger partial charge in [0.05, 0.1) is 18.5 Å². The molecule has 132 valence electrons. The molecular formula is C16H25N4O3P. The number of hydrogen-bond donors (Lipinski definition) is 2. The van der Waals surface area contributed by atoms with Gasteiger partial charge in [-0.25, -0.2) is 9.97 Å². The van der Waals surface area contributed by atoms with E-state index in [1.165, 1.54) is 0 Å². The molecular weight excluding hydrogens is 327 g/mol. The Morgan fingerprint density at radius 1 is 1.50 bits per heavy atom. The molecule has 8 heteroatoms. The second-order valence-corrected chi connectivity index (χ2v) is 11.7. The molecule has 0 amide bonds. The van der Waals surface area contributed by atoms with Crippen LogP contribution in [-0.2, 0) is 4.74 Å². The fraction of sp³-hybridized carbons (Fsp3) is 0.625. The van der Waals surface area contributed by atoms with Gasteiger partial charge in [0.1, 0.15) is 12.1 Å². The molecule has 1 aliphatic rings. The number of hydrogen-bond acceptors (Lipinski definition) is 5. The molecule has 4 atom stereocenters. The molecule has 1 fully saturated rings. The summed E-state index contributed by atoms with van der Waals surface area (Å²) in [6.45, 7) is 6.87. The molecule has 2 aromatic rings. The predicted molar refractivity (Wildman–Crippen MR) is 97.3 cm³/mol. The van der Waals surface area contributed by atoms with Gasteiger partial charge < -0.3 is 14.8 Å². The first-order valence-corrected chi connectivity index (χ1v) is 11.2. The molecule has 0 spiro atoms. The Hall–Kier alpha value is -1.43. The maximum atomic E-state index is 12.0. The van der Waals surface area contributed by atoms with Crippen molar-refractivity contribution in [3.8, 4) is 0 Å². The number of ether oxygens (including phenoxy) is 1. The van der Waals surface area contributed by atoms with Crippen molar-refractivity contribution in [1.29, 1.82) is 0 Å². The highest BCUT2D eigenvalue weighted by Gasteiger charge is 2.42. The first-order chi connectivity index (χ1) is 11.2. The second kappa shape index (κ2) is 6.14. The van der Waals surface area contributed by atoms with Gasteiger partial charge in [0.2, 0.25) is 0 Å². The summed E-state index contributed by atoms with van der Waals surface area (Å²) in [5.41, 5.74) is 0.521. The van der Waals surface area contributed by atoms with E-state index in [0.717, 1.165) is 12.6 Å². The zero-order valence-corrected chi connectivity index (χ0v) is 15.5. The van der Waals surface area contributed by atoms with Crippen LogP contribution in [0.25, 0.3) is 11.2 Å². The average molecular weight is 352 g/mol. The minimum absolute atomic E-state index is 0.111. The molecule has 2 aromatic heterocycles. The van der Waals surface area contributed by atoms with Crippen molar-refractivity contribution in [1.82, 2.24) is 19.5 Å². The summed E-state index contributed by atoms with van der Waals surface area (Å²) < 4.78 is 7.88. The van der Waals surface area contributed by atoms with Crippen LogP contribution in [0.2, 0.25) is 0 Å². The van der Waals surface area contributed by atoms with Crippen LogP contribution >= 0.6 is 6.89 Å². The van der Waals surface area contributed by atoms with E-state index in [2.05, 4.69) is 34.6 Å². The lowest BCUT2D eigenvalue weighted by molar-refractivity contribution is -0.0206. The lowest BCUT2D eigenvalue weighted by Gasteiger charge is -2.19. The van der Waals surface area contributed by atoms with Crippen LogP contribution in [0.1, 0.15) is 25.4 Å². The van der Waals surface area contributed by atoms with Crippen molar-refractivity contribution >= 4 is 24.3 Å². The van der Waals surface area contributed by atoms with Gasteiger partial charge in [-0.2, -0.15) is 0 Å². The number of rotatable bonds is 4. The number of aliphatic hydroxyl groups is 1. The van der Waals surface area contributed by atoms with E-state index < -0.39 is 13.0 Å². The molecule has 3 rings (SSSR count). The zero-order chi connectivity index (χ0) is 17.6. The summed E-state index contributed by atoms with van der Waals surface area (Å²) in [5.74, 6) is 0.417. The molecule has 1 saturated heterocycles. The number of aromatic nitrogens is 4. The number of imidazole rings is 1. The summed E-state index contributed by atoms with van der Waals surface area (Å²) >= 11 is 0. The van der Waals surface area contributed by atoms with Gasteiger partial charge in [0, 0.05) is 5.92 Å². The summed E-state index contributed by atoms with van der Waals surface area (Å²) in [6.07, 6.45) is 6.37. The minimum Gasteiger partial charge on any atom is -0.390 e. The predicted octanol–water partition coefficient (Wildman–Crippen LogP) is 1.42. The number of fused-ring (bicyclic) bond motifs is 1. The van der Waals surface area contributed by atoms with Gasteiger partial charge in [-0.15, -0.1) is 13.2 Å². The fourth-order valence-corrected chi connectivity index (χ4v) is 4.10. The molecule has 0 radical (unpaired) electrons. The Morgan fingerprint density at radius 2 is 2.21 bits per heavy atom. The van der Waals surface area contributed by atoms with Gasteiger partial charge in [-0.1, -0.05) is 6.92 Å². The first-order valence-electron chi connectivity index (χ1n) is 8.12. The van der Waals surface area contributed by atoms with E-state index in [-0.39, 0.29) is 23.8 Å². The van der Waals surface area contributed by atoms with Crippen molar-refractivity contribution < 1.29 is 9.84 Å². The third kappa shape index (κ3) is 3.21. The van der Waals surface area contributed by atoms with Gasteiger partial charge in [0.25, 0.3) is 5.56 Å². The van der Waals surface area contributed by atoms with Crippen molar-refractivity contribution in [2.24, 2.45) is 5.92 Å². The highest BCUT2D eigenvalue weighted by molar-refractivity contribution is 7.72.